The number of aromatic nitrogens is 2. The maximum Gasteiger partial charge on any atom is 0.255 e. The zero-order chi connectivity index (χ0) is 21.7. The van der Waals surface area contributed by atoms with Crippen LogP contribution in [-0.2, 0) is 14.8 Å². The lowest BCUT2D eigenvalue weighted by molar-refractivity contribution is 0.0730. The number of pyridine rings is 2. The average molecular weight is 457 g/mol. The van der Waals surface area contributed by atoms with Crippen molar-refractivity contribution in [1.82, 2.24) is 14.3 Å². The minimum Gasteiger partial charge on any atom is -0.379 e. The number of hydrogen-bond donors (Lipinski definition) is 1. The fraction of sp³-hybridized carbons (Fsp3) is 0.190. The summed E-state index contributed by atoms with van der Waals surface area (Å²) in [6, 6.07) is 15.1. The number of hydrogen-bond acceptors (Lipinski definition) is 7. The Labute approximate surface area is 184 Å². The summed E-state index contributed by atoms with van der Waals surface area (Å²) >= 11 is 1.38. The maximum atomic E-state index is 12.9. The highest BCUT2D eigenvalue weighted by molar-refractivity contribution is 7.99. The molecule has 1 saturated heterocycles. The second-order valence-corrected chi connectivity index (χ2v) is 9.63. The predicted molar refractivity (Wildman–Crippen MR) is 117 cm³/mol. The van der Waals surface area contributed by atoms with Crippen LogP contribution in [0.15, 0.2) is 81.9 Å². The Balaban J connectivity index is 1.49. The molecule has 1 aliphatic rings. The zero-order valence-electron chi connectivity index (χ0n) is 16.5. The second kappa shape index (κ2) is 9.56. The molecule has 1 aliphatic heterocycles. The van der Waals surface area contributed by atoms with Crippen LogP contribution in [0.3, 0.4) is 0 Å². The number of benzene rings is 1. The van der Waals surface area contributed by atoms with Gasteiger partial charge in [-0.1, -0.05) is 23.9 Å². The first kappa shape index (κ1) is 21.4. The maximum absolute atomic E-state index is 12.9. The fourth-order valence-corrected chi connectivity index (χ4v) is 5.22. The summed E-state index contributed by atoms with van der Waals surface area (Å²) in [4.78, 5) is 21.4. The smallest absolute Gasteiger partial charge is 0.255 e. The van der Waals surface area contributed by atoms with Crippen molar-refractivity contribution in [3.8, 4) is 0 Å². The largest absolute Gasteiger partial charge is 0.379 e. The Bertz CT molecular complexity index is 1170. The lowest BCUT2D eigenvalue weighted by atomic mass is 10.2. The van der Waals surface area contributed by atoms with Crippen molar-refractivity contribution < 1.29 is 17.9 Å². The Kier molecular flexibility index (Phi) is 6.62. The van der Waals surface area contributed by atoms with E-state index in [1.807, 2.05) is 18.2 Å². The third kappa shape index (κ3) is 5.28. The fourth-order valence-electron chi connectivity index (χ4n) is 2.99. The Morgan fingerprint density at radius 2 is 1.77 bits per heavy atom. The van der Waals surface area contributed by atoms with Gasteiger partial charge in [-0.05, 0) is 42.5 Å². The third-order valence-electron chi connectivity index (χ3n) is 4.54. The number of carbonyl (C=O) groups excluding carboxylic acids is 1. The van der Waals surface area contributed by atoms with E-state index in [1.54, 1.807) is 36.7 Å². The molecule has 160 valence electrons. The van der Waals surface area contributed by atoms with Gasteiger partial charge < -0.3 is 10.1 Å². The molecule has 1 aromatic carbocycles. The summed E-state index contributed by atoms with van der Waals surface area (Å²) in [5.74, 6) is -0.404. The number of morpholine rings is 1. The van der Waals surface area contributed by atoms with E-state index in [0.717, 1.165) is 5.03 Å². The molecular weight excluding hydrogens is 436 g/mol. The van der Waals surface area contributed by atoms with Crippen molar-refractivity contribution in [2.24, 2.45) is 0 Å². The van der Waals surface area contributed by atoms with Crippen LogP contribution in [0, 0.1) is 0 Å². The summed E-state index contributed by atoms with van der Waals surface area (Å²) in [7, 11) is -3.68. The van der Waals surface area contributed by atoms with Gasteiger partial charge in [-0.15, -0.1) is 0 Å². The molecule has 8 nitrogen and oxygen atoms in total. The van der Waals surface area contributed by atoms with Crippen LogP contribution in [0.25, 0.3) is 0 Å². The molecule has 0 bridgehead atoms. The molecule has 0 atom stereocenters. The van der Waals surface area contributed by atoms with Gasteiger partial charge in [-0.3, -0.25) is 4.79 Å². The van der Waals surface area contributed by atoms with Gasteiger partial charge in [0.1, 0.15) is 10.1 Å². The molecule has 0 spiro atoms. The number of sulfonamides is 1. The standard InChI is InChI=1S/C21H20N4O4S2/c26-21(24-17-7-9-23-20(15-17)30-19-6-1-2-8-22-19)16-4-3-5-18(14-16)31(27,28)25-10-12-29-13-11-25/h1-9,14-15H,10-13H2,(H,23,24,26). The molecule has 4 rings (SSSR count). The van der Waals surface area contributed by atoms with E-state index < -0.39 is 15.9 Å². The molecule has 1 amide bonds. The van der Waals surface area contributed by atoms with Crippen molar-refractivity contribution in [3.05, 3.63) is 72.6 Å². The summed E-state index contributed by atoms with van der Waals surface area (Å²) in [5, 5.41) is 4.27. The van der Waals surface area contributed by atoms with Crippen molar-refractivity contribution in [1.29, 1.82) is 0 Å². The van der Waals surface area contributed by atoms with E-state index in [4.69, 9.17) is 4.74 Å². The molecule has 0 saturated carbocycles. The SMILES string of the molecule is O=C(Nc1ccnc(Sc2ccccn2)c1)c1cccc(S(=O)(=O)N2CCOCC2)c1. The highest BCUT2D eigenvalue weighted by Gasteiger charge is 2.26. The van der Waals surface area contributed by atoms with Gasteiger partial charge >= 0.3 is 0 Å². The minimum absolute atomic E-state index is 0.0863. The third-order valence-corrected chi connectivity index (χ3v) is 7.32. The number of anilines is 1. The summed E-state index contributed by atoms with van der Waals surface area (Å²) in [5.41, 5.74) is 0.810. The molecule has 10 heteroatoms. The van der Waals surface area contributed by atoms with E-state index in [9.17, 15) is 13.2 Å². The number of amides is 1. The Hall–Kier alpha value is -2.79. The Morgan fingerprint density at radius 1 is 0.968 bits per heavy atom. The first-order chi connectivity index (χ1) is 15.0. The van der Waals surface area contributed by atoms with Gasteiger partial charge in [0, 0.05) is 36.7 Å². The number of nitrogens with zero attached hydrogens (tertiary/aromatic N) is 3. The van der Waals surface area contributed by atoms with Gasteiger partial charge in [0.25, 0.3) is 5.91 Å². The van der Waals surface area contributed by atoms with Crippen LogP contribution >= 0.6 is 11.8 Å². The highest BCUT2D eigenvalue weighted by Crippen LogP contribution is 2.26. The zero-order valence-corrected chi connectivity index (χ0v) is 18.1. The van der Waals surface area contributed by atoms with Gasteiger partial charge in [0.15, 0.2) is 0 Å². The average Bonchev–Trinajstić information content (AvgIpc) is 2.81. The predicted octanol–water partition coefficient (Wildman–Crippen LogP) is 2.90. The number of ether oxygens (including phenoxy) is 1. The van der Waals surface area contributed by atoms with E-state index in [1.165, 1.54) is 28.2 Å². The van der Waals surface area contributed by atoms with Crippen LogP contribution in [-0.4, -0.2) is 54.9 Å². The molecule has 0 radical (unpaired) electrons. The number of carbonyl (C=O) groups is 1. The van der Waals surface area contributed by atoms with Gasteiger partial charge in [0.05, 0.1) is 18.1 Å². The molecule has 2 aromatic heterocycles. The summed E-state index contributed by atoms with van der Waals surface area (Å²) < 4.78 is 32.3. The Morgan fingerprint density at radius 3 is 2.55 bits per heavy atom. The van der Waals surface area contributed by atoms with E-state index in [-0.39, 0.29) is 10.5 Å². The van der Waals surface area contributed by atoms with Crippen LogP contribution in [0.2, 0.25) is 0 Å². The van der Waals surface area contributed by atoms with Crippen LogP contribution < -0.4 is 5.32 Å². The molecule has 0 aliphatic carbocycles. The van der Waals surface area contributed by atoms with E-state index in [2.05, 4.69) is 15.3 Å². The molecular formula is C21H20N4O4S2. The molecule has 3 heterocycles. The van der Waals surface area contributed by atoms with Gasteiger partial charge in [0.2, 0.25) is 10.0 Å². The molecule has 1 N–H and O–H groups in total. The summed E-state index contributed by atoms with van der Waals surface area (Å²) in [6.45, 7) is 1.32. The topological polar surface area (TPSA) is 101 Å². The molecule has 0 unspecified atom stereocenters. The normalized spacial score (nSPS) is 14.8. The van der Waals surface area contributed by atoms with Crippen LogP contribution in [0.1, 0.15) is 10.4 Å². The van der Waals surface area contributed by atoms with E-state index >= 15 is 0 Å². The van der Waals surface area contributed by atoms with E-state index in [0.29, 0.717) is 37.0 Å². The minimum atomic E-state index is -3.68. The van der Waals surface area contributed by atoms with Crippen LogP contribution in [0.5, 0.6) is 0 Å². The lowest BCUT2D eigenvalue weighted by Crippen LogP contribution is -2.40. The monoisotopic (exact) mass is 456 g/mol. The number of nitrogens with one attached hydrogen (secondary N) is 1. The van der Waals surface area contributed by atoms with Gasteiger partial charge in [-0.25, -0.2) is 18.4 Å². The number of rotatable bonds is 6. The van der Waals surface area contributed by atoms with Crippen LogP contribution in [0.4, 0.5) is 5.69 Å². The van der Waals surface area contributed by atoms with Crippen molar-refractivity contribution in [2.45, 2.75) is 14.9 Å². The van der Waals surface area contributed by atoms with Gasteiger partial charge in [-0.2, -0.15) is 4.31 Å². The van der Waals surface area contributed by atoms with Crippen molar-refractivity contribution in [3.63, 3.8) is 0 Å². The molecule has 31 heavy (non-hydrogen) atoms. The first-order valence-corrected chi connectivity index (χ1v) is 11.8. The highest BCUT2D eigenvalue weighted by atomic mass is 32.2. The first-order valence-electron chi connectivity index (χ1n) is 9.57. The quantitative estimate of drug-likeness (QED) is 0.609. The van der Waals surface area contributed by atoms with Crippen molar-refractivity contribution in [2.75, 3.05) is 31.6 Å². The van der Waals surface area contributed by atoms with Crippen molar-refractivity contribution >= 4 is 33.4 Å². The summed E-state index contributed by atoms with van der Waals surface area (Å²) in [6.07, 6.45) is 3.30. The second-order valence-electron chi connectivity index (χ2n) is 6.65. The lowest BCUT2D eigenvalue weighted by Gasteiger charge is -2.26. The molecule has 3 aromatic rings. The molecule has 1 fully saturated rings.